The second kappa shape index (κ2) is 34.9. The lowest BCUT2D eigenvalue weighted by Crippen LogP contribution is -2.20. The molecule has 0 aliphatic carbocycles. The van der Waals surface area contributed by atoms with E-state index in [0.717, 1.165) is 0 Å². The fourth-order valence-corrected chi connectivity index (χ4v) is 4.26. The number of esters is 2. The van der Waals surface area contributed by atoms with E-state index in [1.54, 1.807) is 30.3 Å². The highest BCUT2D eigenvalue weighted by molar-refractivity contribution is 6.40. The van der Waals surface area contributed by atoms with Gasteiger partial charge >= 0.3 is 11.9 Å². The van der Waals surface area contributed by atoms with E-state index in [-0.39, 0.29) is 45.2 Å². The van der Waals surface area contributed by atoms with Crippen molar-refractivity contribution in [3.8, 4) is 5.75 Å². The number of benzene rings is 2. The molecule has 0 aliphatic heterocycles. The first kappa shape index (κ1) is 52.4. The van der Waals surface area contributed by atoms with Crippen molar-refractivity contribution in [3.63, 3.8) is 0 Å². The van der Waals surface area contributed by atoms with Crippen LogP contribution in [0.1, 0.15) is 16.8 Å². The Balaban J connectivity index is 1.19. The Morgan fingerprint density at radius 2 is 0.650 bits per heavy atom. The van der Waals surface area contributed by atoms with Crippen LogP contribution < -0.4 is 4.74 Å². The van der Waals surface area contributed by atoms with E-state index in [4.69, 9.17) is 56.8 Å². The van der Waals surface area contributed by atoms with Gasteiger partial charge in [-0.05, 0) is 0 Å². The zero-order valence-electron chi connectivity index (χ0n) is 33.3. The summed E-state index contributed by atoms with van der Waals surface area (Å²) < 4.78 is 135. The highest BCUT2D eigenvalue weighted by Crippen LogP contribution is 2.29. The van der Waals surface area contributed by atoms with Crippen molar-refractivity contribution in [1.82, 2.24) is 0 Å². The summed E-state index contributed by atoms with van der Waals surface area (Å²) in [6.45, 7) is 6.94. The molecule has 2 aromatic rings. The molecular weight excluding hydrogens is 819 g/mol. The van der Waals surface area contributed by atoms with Gasteiger partial charge in [0.2, 0.25) is 34.8 Å². The molecule has 0 saturated carbocycles. The third-order valence-corrected chi connectivity index (χ3v) is 7.24. The van der Waals surface area contributed by atoms with Gasteiger partial charge in [0.15, 0.2) is 0 Å². The largest absolute Gasteiger partial charge is 0.457 e. The standard InChI is InChI=1S/C39H53F5O16/c40-32-33(41)35(43)38(36(44)34(32)42)60-31(45)6-7-48-8-9-49-10-11-50-12-13-51-14-15-52-16-17-53-18-19-54-20-21-55-22-23-56-24-25-57-26-27-58-28-29-59-39(47)37(46)30-4-2-1-3-5-30/h1-5H,6-29H2. The molecule has 0 aromatic heterocycles. The molecule has 21 heteroatoms. The van der Waals surface area contributed by atoms with Gasteiger partial charge in [0, 0.05) is 5.56 Å². The van der Waals surface area contributed by atoms with Crippen molar-refractivity contribution >= 4 is 17.7 Å². The number of halogens is 5. The monoisotopic (exact) mass is 872 g/mol. The van der Waals surface area contributed by atoms with Crippen molar-refractivity contribution in [3.05, 3.63) is 65.0 Å². The molecule has 2 aromatic carbocycles. The van der Waals surface area contributed by atoms with Gasteiger partial charge in [0.25, 0.3) is 5.78 Å². The second-order valence-corrected chi connectivity index (χ2v) is 11.7. The molecule has 340 valence electrons. The lowest BCUT2D eigenvalue weighted by Gasteiger charge is -2.09. The average molecular weight is 873 g/mol. The number of carbonyl (C=O) groups is 3. The maximum absolute atomic E-state index is 13.6. The third-order valence-electron chi connectivity index (χ3n) is 7.24. The Bertz CT molecular complexity index is 1430. The summed E-state index contributed by atoms with van der Waals surface area (Å²) in [7, 11) is 0. The summed E-state index contributed by atoms with van der Waals surface area (Å²) in [4.78, 5) is 35.3. The molecule has 0 radical (unpaired) electrons. The SMILES string of the molecule is O=C(CCOCCOCCOCCOCCOCCOCCOCCOCCOCCOCCOCCOC(=O)C(=O)c1ccccc1)Oc1c(F)c(F)c(F)c(F)c1F. The van der Waals surface area contributed by atoms with Crippen LogP contribution in [0.3, 0.4) is 0 Å². The Hall–Kier alpha value is -3.74. The summed E-state index contributed by atoms with van der Waals surface area (Å²) in [5.74, 6) is -15.8. The first-order chi connectivity index (χ1) is 29.2. The van der Waals surface area contributed by atoms with Crippen LogP contribution in [-0.4, -0.2) is 170 Å². The number of ketones is 1. The molecule has 0 unspecified atom stereocenters. The quantitative estimate of drug-likeness (QED) is 0.0140. The topological polar surface area (TPSA) is 171 Å². The molecule has 0 spiro atoms. The fourth-order valence-electron chi connectivity index (χ4n) is 4.26. The van der Waals surface area contributed by atoms with Crippen LogP contribution in [0, 0.1) is 29.1 Å². The smallest absolute Gasteiger partial charge is 0.379 e. The van der Waals surface area contributed by atoms with Gasteiger partial charge in [0.1, 0.15) is 6.61 Å². The minimum absolute atomic E-state index is 0.0274. The second-order valence-electron chi connectivity index (χ2n) is 11.7. The van der Waals surface area contributed by atoms with Gasteiger partial charge < -0.3 is 61.6 Å². The van der Waals surface area contributed by atoms with E-state index in [9.17, 15) is 36.3 Å². The lowest BCUT2D eigenvalue weighted by molar-refractivity contribution is -0.139. The zero-order chi connectivity index (χ0) is 43.5. The minimum Gasteiger partial charge on any atom is -0.457 e. The molecule has 0 fully saturated rings. The van der Waals surface area contributed by atoms with E-state index in [2.05, 4.69) is 4.74 Å². The van der Waals surface area contributed by atoms with E-state index in [1.807, 2.05) is 0 Å². The molecule has 0 aliphatic rings. The Morgan fingerprint density at radius 1 is 0.367 bits per heavy atom. The summed E-state index contributed by atoms with van der Waals surface area (Å²) in [5, 5.41) is 0. The predicted molar refractivity (Wildman–Crippen MR) is 197 cm³/mol. The number of hydrogen-bond donors (Lipinski definition) is 0. The molecule has 0 amide bonds. The summed E-state index contributed by atoms with van der Waals surface area (Å²) in [5.41, 5.74) is 0.276. The fraction of sp³-hybridized carbons (Fsp3) is 0.615. The van der Waals surface area contributed by atoms with Crippen LogP contribution in [0.2, 0.25) is 0 Å². The van der Waals surface area contributed by atoms with Crippen molar-refractivity contribution in [2.75, 3.05) is 152 Å². The van der Waals surface area contributed by atoms with E-state index >= 15 is 0 Å². The molecule has 2 rings (SSSR count). The van der Waals surface area contributed by atoms with E-state index in [0.29, 0.717) is 112 Å². The van der Waals surface area contributed by atoms with Crippen LogP contribution in [-0.2, 0) is 66.4 Å². The van der Waals surface area contributed by atoms with Crippen LogP contribution in [0.4, 0.5) is 22.0 Å². The number of ether oxygens (including phenoxy) is 13. The van der Waals surface area contributed by atoms with Gasteiger partial charge in [-0.15, -0.1) is 0 Å². The molecule has 0 heterocycles. The van der Waals surface area contributed by atoms with Gasteiger partial charge in [-0.3, -0.25) is 9.59 Å². The normalized spacial score (nSPS) is 11.3. The predicted octanol–water partition coefficient (Wildman–Crippen LogP) is 3.29. The van der Waals surface area contributed by atoms with Crippen molar-refractivity contribution in [2.24, 2.45) is 0 Å². The summed E-state index contributed by atoms with van der Waals surface area (Å²) >= 11 is 0. The Kier molecular flexibility index (Phi) is 30.5. The first-order valence-corrected chi connectivity index (χ1v) is 19.1. The lowest BCUT2D eigenvalue weighted by atomic mass is 10.1. The number of rotatable bonds is 39. The molecule has 0 atom stereocenters. The molecule has 0 bridgehead atoms. The Labute approximate surface area is 344 Å². The molecular formula is C39H53F5O16. The maximum Gasteiger partial charge on any atom is 0.379 e. The zero-order valence-corrected chi connectivity index (χ0v) is 33.3. The molecule has 60 heavy (non-hydrogen) atoms. The summed E-state index contributed by atoms with van der Waals surface area (Å²) in [6.07, 6.45) is -0.496. The summed E-state index contributed by atoms with van der Waals surface area (Å²) in [6, 6.07) is 8.18. The van der Waals surface area contributed by atoms with Crippen LogP contribution in [0.5, 0.6) is 5.75 Å². The van der Waals surface area contributed by atoms with Crippen LogP contribution >= 0.6 is 0 Å². The van der Waals surface area contributed by atoms with Gasteiger partial charge in [-0.25, -0.2) is 18.0 Å². The van der Waals surface area contributed by atoms with Crippen molar-refractivity contribution in [2.45, 2.75) is 6.42 Å². The number of carbonyl (C=O) groups excluding carboxylic acids is 3. The van der Waals surface area contributed by atoms with Gasteiger partial charge in [-0.1, -0.05) is 30.3 Å². The number of Topliss-reactive ketones (excluding diaryl/α,β-unsaturated/α-hetero) is 1. The van der Waals surface area contributed by atoms with E-state index in [1.165, 1.54) is 0 Å². The van der Waals surface area contributed by atoms with E-state index < -0.39 is 59.0 Å². The average Bonchev–Trinajstić information content (AvgIpc) is 3.26. The number of hydrogen-bond acceptors (Lipinski definition) is 16. The van der Waals surface area contributed by atoms with Gasteiger partial charge in [0.05, 0.1) is 152 Å². The van der Waals surface area contributed by atoms with Crippen molar-refractivity contribution < 1.29 is 97.9 Å². The molecule has 0 N–H and O–H groups in total. The third kappa shape index (κ3) is 24.5. The maximum atomic E-state index is 13.6. The van der Waals surface area contributed by atoms with Crippen LogP contribution in [0.25, 0.3) is 0 Å². The minimum atomic E-state index is -2.35. The molecule has 16 nitrogen and oxygen atoms in total. The first-order valence-electron chi connectivity index (χ1n) is 19.1. The highest BCUT2D eigenvalue weighted by Gasteiger charge is 2.28. The molecule has 0 saturated heterocycles. The Morgan fingerprint density at radius 3 is 0.983 bits per heavy atom. The highest BCUT2D eigenvalue weighted by atomic mass is 19.2. The van der Waals surface area contributed by atoms with Crippen LogP contribution in [0.15, 0.2) is 30.3 Å². The van der Waals surface area contributed by atoms with Gasteiger partial charge in [-0.2, -0.15) is 8.78 Å². The van der Waals surface area contributed by atoms with Crippen molar-refractivity contribution in [1.29, 1.82) is 0 Å².